The molecule has 2 atom stereocenters. The molecule has 0 spiro atoms. The second-order valence-corrected chi connectivity index (χ2v) is 6.82. The SMILES string of the molecule is CCCCCCCCCCNC1CCCC1SC. The summed E-state index contributed by atoms with van der Waals surface area (Å²) in [6, 6.07) is 0.810. The van der Waals surface area contributed by atoms with E-state index in [9.17, 15) is 0 Å². The Labute approximate surface area is 119 Å². The first-order valence-corrected chi connectivity index (χ1v) is 9.43. The minimum atomic E-state index is 0.810. The molecule has 1 nitrogen and oxygen atoms in total. The highest BCUT2D eigenvalue weighted by atomic mass is 32.2. The first-order valence-electron chi connectivity index (χ1n) is 8.14. The molecule has 0 aliphatic heterocycles. The molecule has 2 unspecified atom stereocenters. The smallest absolute Gasteiger partial charge is 0.0198 e. The molecule has 2 heteroatoms. The summed E-state index contributed by atoms with van der Waals surface area (Å²) in [7, 11) is 0. The summed E-state index contributed by atoms with van der Waals surface area (Å²) in [5.41, 5.74) is 0. The van der Waals surface area contributed by atoms with E-state index in [1.807, 2.05) is 0 Å². The van der Waals surface area contributed by atoms with Gasteiger partial charge in [-0.05, 0) is 32.1 Å². The van der Waals surface area contributed by atoms with Crippen LogP contribution in [0.5, 0.6) is 0 Å². The Kier molecular flexibility index (Phi) is 10.1. The molecule has 1 aliphatic rings. The molecule has 0 heterocycles. The van der Waals surface area contributed by atoms with Gasteiger partial charge in [0.15, 0.2) is 0 Å². The third-order valence-corrected chi connectivity index (χ3v) is 5.36. The fourth-order valence-corrected chi connectivity index (χ4v) is 3.95. The first-order chi connectivity index (χ1) is 8.88. The van der Waals surface area contributed by atoms with Crippen molar-refractivity contribution in [3.8, 4) is 0 Å². The van der Waals surface area contributed by atoms with Gasteiger partial charge in [-0.2, -0.15) is 11.8 Å². The second-order valence-electron chi connectivity index (χ2n) is 5.74. The molecule has 0 amide bonds. The van der Waals surface area contributed by atoms with Crippen LogP contribution in [0.2, 0.25) is 0 Å². The van der Waals surface area contributed by atoms with Gasteiger partial charge in [0.1, 0.15) is 0 Å². The van der Waals surface area contributed by atoms with E-state index in [0.717, 1.165) is 11.3 Å². The van der Waals surface area contributed by atoms with E-state index in [-0.39, 0.29) is 0 Å². The summed E-state index contributed by atoms with van der Waals surface area (Å²) in [6.07, 6.45) is 17.9. The second kappa shape index (κ2) is 11.2. The van der Waals surface area contributed by atoms with Gasteiger partial charge >= 0.3 is 0 Å². The molecule has 1 rings (SSSR count). The number of hydrogen-bond donors (Lipinski definition) is 1. The zero-order valence-electron chi connectivity index (χ0n) is 12.5. The maximum Gasteiger partial charge on any atom is 0.0198 e. The Morgan fingerprint density at radius 2 is 1.61 bits per heavy atom. The number of nitrogens with one attached hydrogen (secondary N) is 1. The highest BCUT2D eigenvalue weighted by Crippen LogP contribution is 2.28. The van der Waals surface area contributed by atoms with E-state index in [1.165, 1.54) is 77.2 Å². The quantitative estimate of drug-likeness (QED) is 0.531. The molecule has 0 radical (unpaired) electrons. The van der Waals surface area contributed by atoms with Crippen LogP contribution in [0, 0.1) is 0 Å². The molecule has 0 aromatic carbocycles. The average Bonchev–Trinajstić information content (AvgIpc) is 2.84. The van der Waals surface area contributed by atoms with Gasteiger partial charge in [-0.3, -0.25) is 0 Å². The summed E-state index contributed by atoms with van der Waals surface area (Å²) < 4.78 is 0. The van der Waals surface area contributed by atoms with E-state index in [1.54, 1.807) is 0 Å². The van der Waals surface area contributed by atoms with E-state index < -0.39 is 0 Å². The Hall–Kier alpha value is 0.310. The molecule has 0 bridgehead atoms. The van der Waals surface area contributed by atoms with Crippen molar-refractivity contribution in [2.75, 3.05) is 12.8 Å². The lowest BCUT2D eigenvalue weighted by Crippen LogP contribution is -2.34. The molecule has 18 heavy (non-hydrogen) atoms. The van der Waals surface area contributed by atoms with Gasteiger partial charge in [-0.1, -0.05) is 58.3 Å². The molecule has 1 fully saturated rings. The maximum absolute atomic E-state index is 3.77. The predicted octanol–water partition coefficient (Wildman–Crippen LogP) is 5.00. The topological polar surface area (TPSA) is 12.0 Å². The zero-order chi connectivity index (χ0) is 13.1. The Balaban J connectivity index is 1.83. The van der Waals surface area contributed by atoms with Crippen LogP contribution in [0.15, 0.2) is 0 Å². The fourth-order valence-electron chi connectivity index (χ4n) is 2.99. The number of unbranched alkanes of at least 4 members (excludes halogenated alkanes) is 7. The number of hydrogen-bond acceptors (Lipinski definition) is 2. The monoisotopic (exact) mass is 271 g/mol. The van der Waals surface area contributed by atoms with Gasteiger partial charge in [-0.25, -0.2) is 0 Å². The lowest BCUT2D eigenvalue weighted by molar-refractivity contribution is 0.500. The van der Waals surface area contributed by atoms with Gasteiger partial charge in [-0.15, -0.1) is 0 Å². The van der Waals surface area contributed by atoms with Crippen molar-refractivity contribution in [3.63, 3.8) is 0 Å². The van der Waals surface area contributed by atoms with Crippen molar-refractivity contribution >= 4 is 11.8 Å². The maximum atomic E-state index is 3.77. The summed E-state index contributed by atoms with van der Waals surface area (Å²) in [4.78, 5) is 0. The number of thioether (sulfide) groups is 1. The summed E-state index contributed by atoms with van der Waals surface area (Å²) in [6.45, 7) is 3.53. The fraction of sp³-hybridized carbons (Fsp3) is 1.00. The largest absolute Gasteiger partial charge is 0.313 e. The van der Waals surface area contributed by atoms with E-state index >= 15 is 0 Å². The van der Waals surface area contributed by atoms with Crippen molar-refractivity contribution in [1.29, 1.82) is 0 Å². The van der Waals surface area contributed by atoms with Crippen LogP contribution >= 0.6 is 11.8 Å². The van der Waals surface area contributed by atoms with Crippen LogP contribution in [0.25, 0.3) is 0 Å². The number of rotatable bonds is 11. The molecular formula is C16H33NS. The van der Waals surface area contributed by atoms with Crippen LogP contribution < -0.4 is 5.32 Å². The normalized spacial score (nSPS) is 23.7. The van der Waals surface area contributed by atoms with Crippen LogP contribution in [0.1, 0.15) is 77.6 Å². The Morgan fingerprint density at radius 1 is 0.944 bits per heavy atom. The molecule has 108 valence electrons. The average molecular weight is 272 g/mol. The van der Waals surface area contributed by atoms with Gasteiger partial charge in [0.25, 0.3) is 0 Å². The van der Waals surface area contributed by atoms with Crippen molar-refractivity contribution < 1.29 is 0 Å². The molecular weight excluding hydrogens is 238 g/mol. The molecule has 0 aromatic heterocycles. The van der Waals surface area contributed by atoms with Crippen LogP contribution in [-0.4, -0.2) is 24.1 Å². The minimum absolute atomic E-state index is 0.810. The summed E-state index contributed by atoms with van der Waals surface area (Å²) >= 11 is 2.06. The highest BCUT2D eigenvalue weighted by Gasteiger charge is 2.25. The third kappa shape index (κ3) is 7.04. The van der Waals surface area contributed by atoms with E-state index in [4.69, 9.17) is 0 Å². The molecule has 0 saturated heterocycles. The summed E-state index contributed by atoms with van der Waals surface area (Å²) in [5, 5.41) is 4.66. The van der Waals surface area contributed by atoms with E-state index in [2.05, 4.69) is 30.3 Å². The predicted molar refractivity (Wildman–Crippen MR) is 85.6 cm³/mol. The van der Waals surface area contributed by atoms with Gasteiger partial charge in [0.2, 0.25) is 0 Å². The molecule has 1 aliphatic carbocycles. The van der Waals surface area contributed by atoms with Crippen LogP contribution in [0.3, 0.4) is 0 Å². The van der Waals surface area contributed by atoms with Crippen molar-refractivity contribution in [1.82, 2.24) is 5.32 Å². The van der Waals surface area contributed by atoms with Crippen LogP contribution in [0.4, 0.5) is 0 Å². The van der Waals surface area contributed by atoms with Crippen molar-refractivity contribution in [2.24, 2.45) is 0 Å². The molecule has 0 aromatic rings. The van der Waals surface area contributed by atoms with Gasteiger partial charge in [0, 0.05) is 11.3 Å². The van der Waals surface area contributed by atoms with E-state index in [0.29, 0.717) is 0 Å². The lowest BCUT2D eigenvalue weighted by Gasteiger charge is -2.19. The highest BCUT2D eigenvalue weighted by molar-refractivity contribution is 7.99. The lowest BCUT2D eigenvalue weighted by atomic mass is 10.1. The molecule has 1 N–H and O–H groups in total. The standard InChI is InChI=1S/C16H33NS/c1-3-4-5-6-7-8-9-10-14-17-15-12-11-13-16(15)18-2/h15-17H,3-14H2,1-2H3. The van der Waals surface area contributed by atoms with Crippen molar-refractivity contribution in [3.05, 3.63) is 0 Å². The van der Waals surface area contributed by atoms with Crippen molar-refractivity contribution in [2.45, 2.75) is 88.8 Å². The summed E-state index contributed by atoms with van der Waals surface area (Å²) in [5.74, 6) is 0. The van der Waals surface area contributed by atoms with Gasteiger partial charge < -0.3 is 5.32 Å². The minimum Gasteiger partial charge on any atom is -0.313 e. The third-order valence-electron chi connectivity index (χ3n) is 4.19. The Bertz CT molecular complexity index is 184. The van der Waals surface area contributed by atoms with Gasteiger partial charge in [0.05, 0.1) is 0 Å². The Morgan fingerprint density at radius 3 is 2.28 bits per heavy atom. The molecule has 1 saturated carbocycles. The first kappa shape index (κ1) is 16.4. The zero-order valence-corrected chi connectivity index (χ0v) is 13.4. The van der Waals surface area contributed by atoms with Crippen LogP contribution in [-0.2, 0) is 0 Å².